The van der Waals surface area contributed by atoms with Gasteiger partial charge in [0.15, 0.2) is 0 Å². The molecule has 20 heavy (non-hydrogen) atoms. The Kier molecular flexibility index (Phi) is 4.77. The summed E-state index contributed by atoms with van der Waals surface area (Å²) < 4.78 is 87.2. The molecule has 0 aliphatic rings. The molecule has 0 saturated heterocycles. The van der Waals surface area contributed by atoms with Crippen molar-refractivity contribution >= 4 is 19.7 Å². The van der Waals surface area contributed by atoms with Crippen molar-refractivity contribution < 1.29 is 35.1 Å². The molecule has 0 saturated carbocycles. The van der Waals surface area contributed by atoms with E-state index >= 15 is 0 Å². The molecule has 2 N–H and O–H groups in total. The fourth-order valence-corrected chi connectivity index (χ4v) is 2.15. The van der Waals surface area contributed by atoms with E-state index in [9.17, 15) is 30.4 Å². The molecule has 5 nitrogen and oxygen atoms in total. The van der Waals surface area contributed by atoms with Crippen molar-refractivity contribution in [2.24, 2.45) is 5.73 Å². The fourth-order valence-electron chi connectivity index (χ4n) is 1.24. The van der Waals surface area contributed by atoms with Crippen LogP contribution in [0.2, 0.25) is 0 Å². The maximum atomic E-state index is 12.6. The van der Waals surface area contributed by atoms with E-state index in [0.29, 0.717) is 6.07 Å². The second-order valence-electron chi connectivity index (χ2n) is 3.33. The van der Waals surface area contributed by atoms with E-state index in [2.05, 4.69) is 9.72 Å². The van der Waals surface area contributed by atoms with Gasteiger partial charge in [0.25, 0.3) is 15.5 Å². The molecule has 0 radical (unpaired) electrons. The van der Waals surface area contributed by atoms with Crippen LogP contribution in [0, 0.1) is 0 Å². The number of nitrogens with two attached hydrogens (primary N) is 1. The molecular formula is C8H6ClF5N2O3S. The Hall–Kier alpha value is -1.20. The van der Waals surface area contributed by atoms with Crippen LogP contribution in [0.5, 0.6) is 5.88 Å². The smallest absolute Gasteiger partial charge is 0.386 e. The Balaban J connectivity index is 3.57. The van der Waals surface area contributed by atoms with E-state index in [-0.39, 0.29) is 0 Å². The highest BCUT2D eigenvalue weighted by Crippen LogP contribution is 2.34. The normalized spacial score (nSPS) is 12.8. The van der Waals surface area contributed by atoms with Gasteiger partial charge in [-0.25, -0.2) is 22.2 Å². The van der Waals surface area contributed by atoms with Gasteiger partial charge in [-0.1, -0.05) is 0 Å². The van der Waals surface area contributed by atoms with Crippen LogP contribution in [0.4, 0.5) is 22.0 Å². The molecule has 0 atom stereocenters. The van der Waals surface area contributed by atoms with Gasteiger partial charge in [0.05, 0.1) is 0 Å². The first-order valence-corrected chi connectivity index (χ1v) is 6.99. The molecule has 0 amide bonds. The number of nitrogens with zero attached hydrogens (tertiary/aromatic N) is 1. The van der Waals surface area contributed by atoms with Gasteiger partial charge in [0.2, 0.25) is 5.88 Å². The van der Waals surface area contributed by atoms with Crippen LogP contribution in [0.3, 0.4) is 0 Å². The number of rotatable bonds is 4. The molecule has 0 aromatic carbocycles. The van der Waals surface area contributed by atoms with Crippen LogP contribution in [-0.2, 0) is 15.6 Å². The standard InChI is InChI=1S/C8H6ClF5N2O3S/c9-20(17,18)4-1-3(2-15)5(6(10)11)16-7(4)19-8(12,13)14/h1,6H,2,15H2. The SMILES string of the molecule is NCc1cc(S(=O)(=O)Cl)c(OC(F)(F)F)nc1C(F)F. The largest absolute Gasteiger partial charge is 0.574 e. The van der Waals surface area contributed by atoms with E-state index in [1.54, 1.807) is 0 Å². The van der Waals surface area contributed by atoms with Crippen LogP contribution >= 0.6 is 10.7 Å². The number of hydrogen-bond acceptors (Lipinski definition) is 5. The number of ether oxygens (including phenoxy) is 1. The number of alkyl halides is 5. The molecule has 1 rings (SSSR count). The molecule has 1 aromatic rings. The lowest BCUT2D eigenvalue weighted by Gasteiger charge is -2.14. The van der Waals surface area contributed by atoms with Gasteiger partial charge in [0, 0.05) is 17.2 Å². The monoisotopic (exact) mass is 340 g/mol. The lowest BCUT2D eigenvalue weighted by molar-refractivity contribution is -0.277. The molecule has 0 bridgehead atoms. The number of hydrogen-bond donors (Lipinski definition) is 1. The molecule has 0 fully saturated rings. The van der Waals surface area contributed by atoms with Crippen molar-refractivity contribution in [3.05, 3.63) is 17.3 Å². The highest BCUT2D eigenvalue weighted by molar-refractivity contribution is 8.13. The van der Waals surface area contributed by atoms with Crippen molar-refractivity contribution in [2.75, 3.05) is 0 Å². The third kappa shape index (κ3) is 4.15. The third-order valence-electron chi connectivity index (χ3n) is 1.97. The highest BCUT2D eigenvalue weighted by atomic mass is 35.7. The van der Waals surface area contributed by atoms with Crippen molar-refractivity contribution in [3.8, 4) is 5.88 Å². The highest BCUT2D eigenvalue weighted by Gasteiger charge is 2.36. The zero-order valence-corrected chi connectivity index (χ0v) is 10.9. The Morgan fingerprint density at radius 3 is 2.30 bits per heavy atom. The zero-order chi connectivity index (χ0) is 15.7. The quantitative estimate of drug-likeness (QED) is 0.672. The van der Waals surface area contributed by atoms with Gasteiger partial charge < -0.3 is 10.5 Å². The molecule has 114 valence electrons. The summed E-state index contributed by atoms with van der Waals surface area (Å²) in [6, 6.07) is 0.470. The fraction of sp³-hybridized carbons (Fsp3) is 0.375. The Bertz CT molecular complexity index is 605. The van der Waals surface area contributed by atoms with Gasteiger partial charge in [-0.05, 0) is 11.6 Å². The minimum absolute atomic E-state index is 0.464. The number of halogens is 6. The van der Waals surface area contributed by atoms with E-state index in [0.717, 1.165) is 0 Å². The minimum Gasteiger partial charge on any atom is -0.386 e. The van der Waals surface area contributed by atoms with Crippen LogP contribution < -0.4 is 10.5 Å². The Morgan fingerprint density at radius 1 is 1.40 bits per heavy atom. The van der Waals surface area contributed by atoms with Gasteiger partial charge in [0.1, 0.15) is 10.6 Å². The summed E-state index contributed by atoms with van der Waals surface area (Å²) in [7, 11) is 0.213. The van der Waals surface area contributed by atoms with Crippen molar-refractivity contribution in [1.82, 2.24) is 4.98 Å². The molecule has 0 unspecified atom stereocenters. The molecular weight excluding hydrogens is 335 g/mol. The van der Waals surface area contributed by atoms with E-state index in [4.69, 9.17) is 16.4 Å². The summed E-state index contributed by atoms with van der Waals surface area (Å²) in [5, 5.41) is 0. The summed E-state index contributed by atoms with van der Waals surface area (Å²) in [6.45, 7) is -0.571. The van der Waals surface area contributed by atoms with Crippen LogP contribution in [-0.4, -0.2) is 19.8 Å². The third-order valence-corrected chi connectivity index (χ3v) is 3.29. The van der Waals surface area contributed by atoms with Gasteiger partial charge in [-0.3, -0.25) is 0 Å². The predicted octanol–water partition coefficient (Wildman–Crippen LogP) is 2.30. The Labute approximate surface area is 113 Å². The average molecular weight is 341 g/mol. The first kappa shape index (κ1) is 16.9. The molecule has 0 aliphatic heterocycles. The summed E-state index contributed by atoms with van der Waals surface area (Å²) in [5.41, 5.74) is 3.52. The van der Waals surface area contributed by atoms with Crippen molar-refractivity contribution in [2.45, 2.75) is 24.2 Å². The van der Waals surface area contributed by atoms with Gasteiger partial charge >= 0.3 is 6.36 Å². The van der Waals surface area contributed by atoms with E-state index in [1.807, 2.05) is 0 Å². The average Bonchev–Trinajstić information content (AvgIpc) is 2.24. The lowest BCUT2D eigenvalue weighted by Crippen LogP contribution is -2.20. The van der Waals surface area contributed by atoms with Crippen LogP contribution in [0.25, 0.3) is 0 Å². The lowest BCUT2D eigenvalue weighted by atomic mass is 10.2. The van der Waals surface area contributed by atoms with Gasteiger partial charge in [-0.2, -0.15) is 0 Å². The maximum absolute atomic E-state index is 12.6. The second kappa shape index (κ2) is 5.66. The first-order chi connectivity index (χ1) is 8.95. The number of pyridine rings is 1. The van der Waals surface area contributed by atoms with E-state index in [1.165, 1.54) is 0 Å². The summed E-state index contributed by atoms with van der Waals surface area (Å²) in [4.78, 5) is 1.67. The predicted molar refractivity (Wildman–Crippen MR) is 56.8 cm³/mol. The summed E-state index contributed by atoms with van der Waals surface area (Å²) in [6.07, 6.45) is -8.59. The second-order valence-corrected chi connectivity index (χ2v) is 5.86. The molecule has 0 spiro atoms. The van der Waals surface area contributed by atoms with E-state index < -0.39 is 50.4 Å². The zero-order valence-electron chi connectivity index (χ0n) is 9.29. The first-order valence-electron chi connectivity index (χ1n) is 4.68. The van der Waals surface area contributed by atoms with Crippen LogP contribution in [0.15, 0.2) is 11.0 Å². The Morgan fingerprint density at radius 2 is 1.95 bits per heavy atom. The van der Waals surface area contributed by atoms with Gasteiger partial charge in [-0.15, -0.1) is 13.2 Å². The molecule has 12 heteroatoms. The molecule has 1 aromatic heterocycles. The molecule has 0 aliphatic carbocycles. The summed E-state index contributed by atoms with van der Waals surface area (Å²) >= 11 is 0. The minimum atomic E-state index is -5.33. The summed E-state index contributed by atoms with van der Waals surface area (Å²) in [5.74, 6) is -1.58. The number of aromatic nitrogens is 1. The van der Waals surface area contributed by atoms with Crippen molar-refractivity contribution in [1.29, 1.82) is 0 Å². The maximum Gasteiger partial charge on any atom is 0.574 e. The van der Waals surface area contributed by atoms with Crippen LogP contribution in [0.1, 0.15) is 17.7 Å². The molecule has 1 heterocycles. The van der Waals surface area contributed by atoms with Crippen molar-refractivity contribution in [3.63, 3.8) is 0 Å². The topological polar surface area (TPSA) is 82.3 Å².